The molecule has 0 unspecified atom stereocenters. The average molecular weight is 2880 g/mol. The molecule has 20 rings (SSSR count). The number of alkyl halides is 12. The van der Waals surface area contributed by atoms with Gasteiger partial charge in [0.25, 0.3) is 0 Å². The molecule has 798 valence electrons. The second kappa shape index (κ2) is 50.0. The van der Waals surface area contributed by atoms with Crippen molar-refractivity contribution in [1.82, 2.24) is 70.0 Å². The summed E-state index contributed by atoms with van der Waals surface area (Å²) in [5.74, 6) is -0.967. The maximum Gasteiger partial charge on any atom is 0.499 e. The molecule has 12 heterocycles. The van der Waals surface area contributed by atoms with E-state index >= 15 is 8.78 Å². The van der Waals surface area contributed by atoms with Crippen molar-refractivity contribution < 1.29 is 107 Å². The van der Waals surface area contributed by atoms with E-state index < -0.39 is 156 Å². The number of fused-ring (bicyclic) bond motifs is 8. The van der Waals surface area contributed by atoms with Crippen molar-refractivity contribution in [3.05, 3.63) is 142 Å². The largest absolute Gasteiger partial charge is 0.499 e. The van der Waals surface area contributed by atoms with Crippen LogP contribution in [0.2, 0.25) is 43.2 Å². The molecule has 0 N–H and O–H groups in total. The van der Waals surface area contributed by atoms with Gasteiger partial charge in [-0.25, -0.2) is 8.78 Å². The number of unbranched alkanes of at least 4 members (excludes halogenated alkanes) is 3. The number of rotatable bonds is 15. The van der Waals surface area contributed by atoms with Crippen LogP contribution in [0.1, 0.15) is 161 Å². The van der Waals surface area contributed by atoms with Crippen molar-refractivity contribution >= 4 is 397 Å². The van der Waals surface area contributed by atoms with Gasteiger partial charge in [0.1, 0.15) is 77.8 Å². The minimum atomic E-state index is -4.54. The maximum absolute atomic E-state index is 15.3. The average Bonchev–Trinajstić information content (AvgIpc) is 1.62. The van der Waals surface area contributed by atoms with Crippen LogP contribution in [0.15, 0.2) is 66.4 Å². The zero-order chi connectivity index (χ0) is 109. The van der Waals surface area contributed by atoms with E-state index in [2.05, 4.69) is 169 Å². The predicted molar refractivity (Wildman–Crippen MR) is 590 cm³/mol. The van der Waals surface area contributed by atoms with Crippen LogP contribution in [-0.4, -0.2) is 184 Å². The van der Waals surface area contributed by atoms with E-state index in [0.717, 1.165) is 148 Å². The Morgan fingerprint density at radius 2 is 0.651 bits per heavy atom. The molecule has 0 atom stereocenters. The SMILES string of the molecule is CC1(C)OB(c2cc(F)c(B3OC(C)(C)C(C)(C)O3)c3nsnc23)OC1(C)C.CCC[CH2][Sn]([CH2]CCC)([CH2]CCC)[c]1c(F)cc(C)c2nsnc12.Cc1cc(F)[c]([Sn]([CH3])([CH3])[CH3])c2nsnc12.FC(F)(F)c1cc(Br)c2nsnc2c1Br.FC(F)(F)c1cc(Br)c2nsnc2c1Cl.FC(F)(F)c1cc(Br)c2nsnc2c1I.FC(F)(F)c1cc(Cl)c2nsnc2c1Cl.Fc1cc(B2OCCCO2)c2nsnc2c1B1OCCCO1. The molecule has 4 fully saturated rings. The van der Waals surface area contributed by atoms with Crippen molar-refractivity contribution in [2.45, 2.75) is 217 Å². The van der Waals surface area contributed by atoms with Gasteiger partial charge in [0, 0.05) is 61.7 Å². The zero-order valence-corrected chi connectivity index (χ0v) is 104. The van der Waals surface area contributed by atoms with Crippen molar-refractivity contribution in [1.29, 1.82) is 0 Å². The first-order valence-electron chi connectivity index (χ1n) is 45.3. The van der Waals surface area contributed by atoms with Gasteiger partial charge in [-0.1, -0.05) is 34.8 Å². The van der Waals surface area contributed by atoms with Gasteiger partial charge in [0.2, 0.25) is 0 Å². The molecule has 8 aromatic heterocycles. The standard InChI is InChI=1S/C18H25B2FN2O4S.C12H13B2FN2O4S.C7HBr2F3N2S.C7HBrClF3N2S.C7HBrF3IN2S.C7HCl2F3N2S.2C7H4FN2S.3C4H9.3CH3.2Sn/c1-15(2)16(3,4)25-19(24-15)10-9-11(21)12(14-13(10)22-28-23-14)20-26-17(5,6)18(7,8)27-20;15-9-7-8(13-18-3-1-4-19-13)11-12(17-22-16-11)10(9)14-20-5-2-6-21-14;2*8-3-1-2(7(10,11)12)4(9)6-5(3)13-15-14-6;8-3-1-2(7(9,10)11)4(12)6-5(3)13-15-14-6;8-3-1-2(7(10,11)12)4(9)6-5(3)13-15-14-6;2*1-4-2-5(8)3-6-7(4)10-11-9-6;3*1-3-4-2;;;;;/h9H,1-8H3;7H,1-6H2;4*1H;2*2H,1H3;3*1,3-4H2,2H3;3*1H3;;. The summed E-state index contributed by atoms with van der Waals surface area (Å²) < 4.78 is 328. The summed E-state index contributed by atoms with van der Waals surface area (Å²) in [5.41, 5.74) is 5.51. The van der Waals surface area contributed by atoms with Crippen molar-refractivity contribution in [2.75, 3.05) is 26.4 Å². The fraction of sp³-hybridized carbons (Fsp3) is 0.448. The molecular weight excluding hydrogens is 2790 g/mol. The summed E-state index contributed by atoms with van der Waals surface area (Å²) in [6, 6.07) is 9.83. The van der Waals surface area contributed by atoms with Crippen LogP contribution in [0.4, 0.5) is 70.2 Å². The number of aryl methyl sites for hydroxylation is 2. The Hall–Kier alpha value is -3.74. The summed E-state index contributed by atoms with van der Waals surface area (Å²) in [6.45, 7) is 28.4. The van der Waals surface area contributed by atoms with Gasteiger partial charge in [-0.15, -0.1) is 0 Å². The van der Waals surface area contributed by atoms with E-state index in [1.807, 2.05) is 69.2 Å². The number of hydrogen-bond donors (Lipinski definition) is 0. The third kappa shape index (κ3) is 27.6. The Morgan fingerprint density at radius 3 is 1.07 bits per heavy atom. The van der Waals surface area contributed by atoms with E-state index in [-0.39, 0.29) is 56.7 Å². The molecule has 62 heteroatoms. The molecule has 0 radical (unpaired) electrons. The minimum Gasteiger partial charge on any atom is -0.407 e. The summed E-state index contributed by atoms with van der Waals surface area (Å²) in [7, 11) is -2.92. The number of benzene rings is 8. The van der Waals surface area contributed by atoms with Gasteiger partial charge in [0.05, 0.1) is 138 Å². The molecule has 24 nitrogen and oxygen atoms in total. The van der Waals surface area contributed by atoms with Crippen LogP contribution in [0.5, 0.6) is 0 Å². The van der Waals surface area contributed by atoms with Crippen LogP contribution < -0.4 is 29.0 Å². The normalized spacial score (nSPS) is 15.8. The molecule has 8 aromatic carbocycles. The number of aromatic nitrogens is 16. The van der Waals surface area contributed by atoms with Crippen molar-refractivity contribution in [2.24, 2.45) is 0 Å². The van der Waals surface area contributed by atoms with Crippen LogP contribution >= 0.6 is 215 Å². The van der Waals surface area contributed by atoms with Gasteiger partial charge >= 0.3 is 305 Å². The fourth-order valence-electron chi connectivity index (χ4n) is 15.9. The van der Waals surface area contributed by atoms with Gasteiger partial charge in [-0.05, 0) is 191 Å². The third-order valence-corrected chi connectivity index (χ3v) is 55.1. The monoisotopic (exact) mass is 2870 g/mol. The van der Waals surface area contributed by atoms with E-state index in [1.165, 1.54) is 87.4 Å². The molecule has 149 heavy (non-hydrogen) atoms. The summed E-state index contributed by atoms with van der Waals surface area (Å²) in [4.78, 5) is 6.59. The minimum absolute atomic E-state index is 0.0125. The fourth-order valence-corrected chi connectivity index (χ4v) is 47.1. The molecule has 0 saturated carbocycles. The van der Waals surface area contributed by atoms with Crippen molar-refractivity contribution in [3.8, 4) is 0 Å². The zero-order valence-electron chi connectivity index (χ0n) is 81.3. The predicted octanol–water partition coefficient (Wildman–Crippen LogP) is 27.9. The van der Waals surface area contributed by atoms with Crippen LogP contribution in [0.25, 0.3) is 88.3 Å². The van der Waals surface area contributed by atoms with Crippen LogP contribution in [-0.2, 0) is 61.9 Å². The smallest absolute Gasteiger partial charge is 0.407 e. The Balaban J connectivity index is 0.000000144. The molecule has 4 aliphatic heterocycles. The van der Waals surface area contributed by atoms with Crippen LogP contribution in [0.3, 0.4) is 0 Å². The summed E-state index contributed by atoms with van der Waals surface area (Å²) >= 11 is 33.0. The Labute approximate surface area is 948 Å². The molecule has 0 spiro atoms. The first-order valence-corrected chi connectivity index (χ1v) is 74.0. The van der Waals surface area contributed by atoms with E-state index in [9.17, 15) is 61.5 Å². The maximum atomic E-state index is 15.3. The number of nitrogens with zero attached hydrogens (tertiary/aromatic N) is 16. The molecule has 0 aliphatic carbocycles. The Morgan fingerprint density at radius 1 is 0.349 bits per heavy atom. The third-order valence-electron chi connectivity index (χ3n) is 24.9. The number of hydrogen-bond acceptors (Lipinski definition) is 32. The summed E-state index contributed by atoms with van der Waals surface area (Å²) in [6.07, 6.45) is -8.88. The quantitative estimate of drug-likeness (QED) is 0.0523. The Bertz CT molecular complexity index is 7070. The van der Waals surface area contributed by atoms with E-state index in [1.54, 1.807) is 34.7 Å². The Kier molecular flexibility index (Phi) is 41.0. The topological polar surface area (TPSA) is 280 Å². The second-order valence-corrected chi connectivity index (χ2v) is 74.4. The van der Waals surface area contributed by atoms with Crippen LogP contribution in [0, 0.1) is 40.7 Å². The molecule has 0 amide bonds. The van der Waals surface area contributed by atoms with Gasteiger partial charge in [-0.2, -0.15) is 105 Å². The summed E-state index contributed by atoms with van der Waals surface area (Å²) in [5, 5.41) is -0.972. The molecular formula is C87H86B4Br4Cl3F16IN16O8S8Sn2. The molecule has 4 saturated heterocycles. The number of halogens is 24. The van der Waals surface area contributed by atoms with E-state index in [4.69, 9.17) is 72.0 Å². The van der Waals surface area contributed by atoms with Gasteiger partial charge in [0.15, 0.2) is 0 Å². The molecule has 0 bridgehead atoms. The van der Waals surface area contributed by atoms with Gasteiger partial charge in [-0.3, -0.25) is 0 Å². The first-order chi connectivity index (χ1) is 69.7. The molecule has 16 aromatic rings. The van der Waals surface area contributed by atoms with E-state index in [0.29, 0.717) is 95.9 Å². The first kappa shape index (κ1) is 122. The molecule has 4 aliphatic rings. The van der Waals surface area contributed by atoms with Crippen molar-refractivity contribution in [3.63, 3.8) is 0 Å². The van der Waals surface area contributed by atoms with Gasteiger partial charge < -0.3 is 37.2 Å². The second-order valence-electron chi connectivity index (χ2n) is 37.3.